The molecule has 112 valence electrons. The van der Waals surface area contributed by atoms with Crippen LogP contribution in [0.15, 0.2) is 24.3 Å². The van der Waals surface area contributed by atoms with E-state index in [1.54, 1.807) is 13.0 Å². The van der Waals surface area contributed by atoms with E-state index < -0.39 is 17.8 Å². The summed E-state index contributed by atoms with van der Waals surface area (Å²) in [6.07, 6.45) is -3.60. The third kappa shape index (κ3) is 4.85. The van der Waals surface area contributed by atoms with Gasteiger partial charge in [0.05, 0.1) is 12.7 Å². The molecule has 1 aromatic carbocycles. The number of carbonyl (C=O) groups is 1. The third-order valence-corrected chi connectivity index (χ3v) is 2.97. The first kappa shape index (κ1) is 16.5. The van der Waals surface area contributed by atoms with Crippen molar-refractivity contribution in [2.75, 3.05) is 13.7 Å². The van der Waals surface area contributed by atoms with Crippen LogP contribution in [0.5, 0.6) is 0 Å². The molecule has 0 aliphatic heterocycles. The fourth-order valence-electron chi connectivity index (χ4n) is 1.90. The Hall–Kier alpha value is -1.56. The van der Waals surface area contributed by atoms with Gasteiger partial charge >= 0.3 is 12.1 Å². The molecule has 0 aliphatic carbocycles. The molecule has 20 heavy (non-hydrogen) atoms. The van der Waals surface area contributed by atoms with E-state index in [1.807, 2.05) is 0 Å². The van der Waals surface area contributed by atoms with Crippen LogP contribution in [0, 0.1) is 0 Å². The zero-order valence-electron chi connectivity index (χ0n) is 11.5. The highest BCUT2D eigenvalue weighted by molar-refractivity contribution is 5.69. The second-order valence-corrected chi connectivity index (χ2v) is 4.44. The zero-order chi connectivity index (χ0) is 15.2. The van der Waals surface area contributed by atoms with Crippen LogP contribution in [0.25, 0.3) is 0 Å². The summed E-state index contributed by atoms with van der Waals surface area (Å²) >= 11 is 0. The van der Waals surface area contributed by atoms with E-state index in [0.29, 0.717) is 13.0 Å². The molecule has 0 aromatic heterocycles. The minimum atomic E-state index is -4.36. The molecular weight excluding hydrogens is 271 g/mol. The van der Waals surface area contributed by atoms with Crippen LogP contribution >= 0.6 is 0 Å². The van der Waals surface area contributed by atoms with Gasteiger partial charge in [-0.2, -0.15) is 13.2 Å². The molecule has 6 heteroatoms. The van der Waals surface area contributed by atoms with Crippen LogP contribution in [0.3, 0.4) is 0 Å². The highest BCUT2D eigenvalue weighted by Gasteiger charge is 2.33. The summed E-state index contributed by atoms with van der Waals surface area (Å²) < 4.78 is 43.1. The van der Waals surface area contributed by atoms with Gasteiger partial charge in [-0.3, -0.25) is 4.79 Å². The van der Waals surface area contributed by atoms with Gasteiger partial charge in [-0.25, -0.2) is 0 Å². The first-order valence-electron chi connectivity index (χ1n) is 6.32. The maximum atomic E-state index is 12.9. The van der Waals surface area contributed by atoms with Crippen molar-refractivity contribution in [2.24, 2.45) is 0 Å². The molecule has 0 amide bonds. The highest BCUT2D eigenvalue weighted by atomic mass is 19.4. The summed E-state index contributed by atoms with van der Waals surface area (Å²) in [4.78, 5) is 10.9. The van der Waals surface area contributed by atoms with Gasteiger partial charge in [-0.05, 0) is 31.5 Å². The molecule has 0 fully saturated rings. The average Bonchev–Trinajstić information content (AvgIpc) is 2.42. The molecule has 3 nitrogen and oxygen atoms in total. The lowest BCUT2D eigenvalue weighted by molar-refractivity contribution is -0.140. The molecule has 0 bridgehead atoms. The van der Waals surface area contributed by atoms with Crippen molar-refractivity contribution < 1.29 is 22.7 Å². The monoisotopic (exact) mass is 289 g/mol. The maximum Gasteiger partial charge on any atom is 0.416 e. The van der Waals surface area contributed by atoms with E-state index in [-0.39, 0.29) is 18.0 Å². The minimum Gasteiger partial charge on any atom is -0.469 e. The predicted molar refractivity (Wildman–Crippen MR) is 69.1 cm³/mol. The molecule has 0 spiro atoms. The number of hydrogen-bond acceptors (Lipinski definition) is 3. The molecule has 0 radical (unpaired) electrons. The standard InChI is InChI=1S/C14H18F3NO2/c1-10(18-9-5-8-13(19)20-2)11-6-3-4-7-12(11)14(15,16)17/h3-4,6-7,10,18H,5,8-9H2,1-2H3. The number of halogens is 3. The second kappa shape index (κ2) is 7.28. The van der Waals surface area contributed by atoms with E-state index in [0.717, 1.165) is 6.07 Å². The molecule has 1 rings (SSSR count). The van der Waals surface area contributed by atoms with Crippen molar-refractivity contribution in [3.8, 4) is 0 Å². The summed E-state index contributed by atoms with van der Waals surface area (Å²) in [6, 6.07) is 5.04. The quantitative estimate of drug-likeness (QED) is 0.645. The SMILES string of the molecule is COC(=O)CCCNC(C)c1ccccc1C(F)(F)F. The number of rotatable bonds is 6. The number of carbonyl (C=O) groups excluding carboxylic acids is 1. The minimum absolute atomic E-state index is 0.207. The Morgan fingerprint density at radius 2 is 2.00 bits per heavy atom. The van der Waals surface area contributed by atoms with Crippen LogP contribution < -0.4 is 5.32 Å². The first-order valence-corrected chi connectivity index (χ1v) is 6.32. The van der Waals surface area contributed by atoms with Crippen LogP contribution in [-0.2, 0) is 15.7 Å². The molecule has 1 N–H and O–H groups in total. The Morgan fingerprint density at radius 3 is 2.60 bits per heavy atom. The normalized spacial score (nSPS) is 13.1. The molecule has 0 saturated heterocycles. The molecular formula is C14H18F3NO2. The molecule has 0 saturated carbocycles. The van der Waals surface area contributed by atoms with Gasteiger partial charge in [0.1, 0.15) is 0 Å². The van der Waals surface area contributed by atoms with Crippen LogP contribution in [0.1, 0.15) is 36.9 Å². The van der Waals surface area contributed by atoms with E-state index >= 15 is 0 Å². The Morgan fingerprint density at radius 1 is 1.35 bits per heavy atom. The van der Waals surface area contributed by atoms with Crippen molar-refractivity contribution in [1.29, 1.82) is 0 Å². The first-order chi connectivity index (χ1) is 9.36. The van der Waals surface area contributed by atoms with Gasteiger partial charge in [0.15, 0.2) is 0 Å². The number of benzene rings is 1. The summed E-state index contributed by atoms with van der Waals surface area (Å²) in [5.74, 6) is -0.324. The van der Waals surface area contributed by atoms with Crippen LogP contribution in [-0.4, -0.2) is 19.6 Å². The van der Waals surface area contributed by atoms with E-state index in [1.165, 1.54) is 19.2 Å². The van der Waals surface area contributed by atoms with Gasteiger partial charge in [0, 0.05) is 12.5 Å². The Bertz CT molecular complexity index is 446. The average molecular weight is 289 g/mol. The van der Waals surface area contributed by atoms with Gasteiger partial charge in [0.2, 0.25) is 0 Å². The number of esters is 1. The lowest BCUT2D eigenvalue weighted by Gasteiger charge is -2.19. The number of alkyl halides is 3. The van der Waals surface area contributed by atoms with Crippen molar-refractivity contribution >= 4 is 5.97 Å². The highest BCUT2D eigenvalue weighted by Crippen LogP contribution is 2.34. The Balaban J connectivity index is 2.60. The maximum absolute atomic E-state index is 12.9. The van der Waals surface area contributed by atoms with Crippen molar-refractivity contribution in [3.63, 3.8) is 0 Å². The van der Waals surface area contributed by atoms with Crippen LogP contribution in [0.4, 0.5) is 13.2 Å². The molecule has 1 atom stereocenters. The summed E-state index contributed by atoms with van der Waals surface area (Å²) in [5.41, 5.74) is -0.425. The lowest BCUT2D eigenvalue weighted by Crippen LogP contribution is -2.23. The largest absolute Gasteiger partial charge is 0.469 e. The lowest BCUT2D eigenvalue weighted by atomic mass is 10.0. The van der Waals surface area contributed by atoms with Crippen molar-refractivity contribution in [2.45, 2.75) is 32.0 Å². The third-order valence-electron chi connectivity index (χ3n) is 2.97. The molecule has 0 aliphatic rings. The van der Waals surface area contributed by atoms with Crippen molar-refractivity contribution in [3.05, 3.63) is 35.4 Å². The zero-order valence-corrected chi connectivity index (χ0v) is 11.5. The van der Waals surface area contributed by atoms with Gasteiger partial charge in [0.25, 0.3) is 0 Å². The summed E-state index contributed by atoms with van der Waals surface area (Å²) in [6.45, 7) is 2.12. The number of hydrogen-bond donors (Lipinski definition) is 1. The Kier molecular flexibility index (Phi) is 6.01. The molecule has 1 aromatic rings. The number of nitrogens with one attached hydrogen (secondary N) is 1. The van der Waals surface area contributed by atoms with Crippen molar-refractivity contribution in [1.82, 2.24) is 5.32 Å². The molecule has 1 unspecified atom stereocenters. The summed E-state index contributed by atoms with van der Waals surface area (Å²) in [7, 11) is 1.30. The fourth-order valence-corrected chi connectivity index (χ4v) is 1.90. The number of methoxy groups -OCH3 is 1. The fraction of sp³-hybridized carbons (Fsp3) is 0.500. The van der Waals surface area contributed by atoms with E-state index in [4.69, 9.17) is 0 Å². The molecule has 0 heterocycles. The second-order valence-electron chi connectivity index (χ2n) is 4.44. The predicted octanol–water partition coefficient (Wildman–Crippen LogP) is 3.31. The van der Waals surface area contributed by atoms with Crippen LogP contribution in [0.2, 0.25) is 0 Å². The Labute approximate surface area is 116 Å². The van der Waals surface area contributed by atoms with E-state index in [2.05, 4.69) is 10.1 Å². The topological polar surface area (TPSA) is 38.3 Å². The number of ether oxygens (including phenoxy) is 1. The summed E-state index contributed by atoms with van der Waals surface area (Å²) in [5, 5.41) is 2.98. The van der Waals surface area contributed by atoms with Gasteiger partial charge in [-0.1, -0.05) is 18.2 Å². The smallest absolute Gasteiger partial charge is 0.416 e. The van der Waals surface area contributed by atoms with Gasteiger partial charge in [-0.15, -0.1) is 0 Å². The van der Waals surface area contributed by atoms with Gasteiger partial charge < -0.3 is 10.1 Å². The van der Waals surface area contributed by atoms with E-state index in [9.17, 15) is 18.0 Å².